The molecule has 0 aromatic heterocycles. The highest BCUT2D eigenvalue weighted by Gasteiger charge is 2.13. The molecule has 0 spiro atoms. The minimum absolute atomic E-state index is 0.0969. The maximum atomic E-state index is 11.0. The second-order valence-corrected chi connectivity index (χ2v) is 4.86. The van der Waals surface area contributed by atoms with Crippen molar-refractivity contribution < 1.29 is 19.0 Å². The molecule has 0 N–H and O–H groups in total. The summed E-state index contributed by atoms with van der Waals surface area (Å²) in [6.07, 6.45) is 4.86. The maximum Gasteiger partial charge on any atom is 0.157 e. The van der Waals surface area contributed by atoms with Crippen LogP contribution in [0.4, 0.5) is 0 Å². The van der Waals surface area contributed by atoms with Gasteiger partial charge in [0.25, 0.3) is 0 Å². The van der Waals surface area contributed by atoms with E-state index >= 15 is 0 Å². The average Bonchev–Trinajstić information content (AvgIpc) is 2.52. The zero-order valence-electron chi connectivity index (χ0n) is 12.0. The van der Waals surface area contributed by atoms with E-state index < -0.39 is 0 Å². The lowest BCUT2D eigenvalue weighted by atomic mass is 10.1. The monoisotopic (exact) mass is 278 g/mol. The molecule has 0 radical (unpaired) electrons. The molecule has 4 heteroatoms. The smallest absolute Gasteiger partial charge is 0.157 e. The molecule has 1 fully saturated rings. The normalized spacial score (nSPS) is 18.8. The van der Waals surface area contributed by atoms with Crippen molar-refractivity contribution in [1.29, 1.82) is 0 Å². The Morgan fingerprint density at radius 3 is 2.95 bits per heavy atom. The fourth-order valence-corrected chi connectivity index (χ4v) is 2.22. The molecule has 1 atom stereocenters. The summed E-state index contributed by atoms with van der Waals surface area (Å²) >= 11 is 0. The van der Waals surface area contributed by atoms with E-state index in [9.17, 15) is 4.79 Å². The van der Waals surface area contributed by atoms with Crippen LogP contribution in [0.5, 0.6) is 5.75 Å². The van der Waals surface area contributed by atoms with E-state index in [0.29, 0.717) is 24.5 Å². The number of carbonyl (C=O) groups excluding carboxylic acids is 1. The summed E-state index contributed by atoms with van der Waals surface area (Å²) in [6, 6.07) is 5.69. The third-order valence-corrected chi connectivity index (χ3v) is 3.39. The third kappa shape index (κ3) is 4.32. The van der Waals surface area contributed by atoms with Crippen LogP contribution in [0.3, 0.4) is 0 Å². The van der Waals surface area contributed by atoms with Crippen molar-refractivity contribution in [2.45, 2.75) is 38.9 Å². The molecule has 1 saturated heterocycles. The van der Waals surface area contributed by atoms with Crippen LogP contribution in [-0.4, -0.2) is 32.4 Å². The van der Waals surface area contributed by atoms with Crippen LogP contribution < -0.4 is 4.74 Å². The Morgan fingerprint density at radius 1 is 1.35 bits per heavy atom. The van der Waals surface area contributed by atoms with E-state index in [1.807, 2.05) is 18.2 Å². The molecule has 1 aliphatic rings. The molecule has 2 rings (SSSR count). The first-order valence-corrected chi connectivity index (χ1v) is 7.27. The molecular formula is C16H22O4. The first-order valence-electron chi connectivity index (χ1n) is 7.27. The van der Waals surface area contributed by atoms with Crippen molar-refractivity contribution in [3.8, 4) is 5.75 Å². The zero-order valence-corrected chi connectivity index (χ0v) is 12.0. The number of aldehydes is 1. The Balaban J connectivity index is 1.77. The van der Waals surface area contributed by atoms with Crippen LogP contribution >= 0.6 is 0 Å². The Kier molecular flexibility index (Phi) is 6.02. The summed E-state index contributed by atoms with van der Waals surface area (Å²) in [4.78, 5) is 11.0. The fourth-order valence-electron chi connectivity index (χ4n) is 2.22. The largest absolute Gasteiger partial charge is 0.490 e. The van der Waals surface area contributed by atoms with Crippen LogP contribution in [0.25, 0.3) is 0 Å². The molecule has 1 aromatic rings. The number of ether oxygens (including phenoxy) is 3. The predicted octanol–water partition coefficient (Wildman–Crippen LogP) is 2.98. The molecular weight excluding hydrogens is 256 g/mol. The van der Waals surface area contributed by atoms with Gasteiger partial charge in [-0.05, 0) is 43.4 Å². The van der Waals surface area contributed by atoms with Gasteiger partial charge in [0.1, 0.15) is 12.4 Å². The van der Waals surface area contributed by atoms with Crippen molar-refractivity contribution in [3.05, 3.63) is 29.3 Å². The van der Waals surface area contributed by atoms with E-state index in [0.717, 1.165) is 44.1 Å². The standard InChI is InChI=1S/C16H22O4/c1-2-13-6-7-15(14(11-13)12-17)18-9-10-20-16-5-3-4-8-19-16/h6-7,11-12,16H,2-5,8-10H2,1H3. The summed E-state index contributed by atoms with van der Waals surface area (Å²) < 4.78 is 16.7. The van der Waals surface area contributed by atoms with Gasteiger partial charge in [0, 0.05) is 6.61 Å². The fraction of sp³-hybridized carbons (Fsp3) is 0.562. The van der Waals surface area contributed by atoms with Crippen molar-refractivity contribution in [1.82, 2.24) is 0 Å². The van der Waals surface area contributed by atoms with Gasteiger partial charge >= 0.3 is 0 Å². The van der Waals surface area contributed by atoms with Crippen molar-refractivity contribution >= 4 is 6.29 Å². The van der Waals surface area contributed by atoms with E-state index in [2.05, 4.69) is 6.92 Å². The van der Waals surface area contributed by atoms with Gasteiger partial charge in [-0.3, -0.25) is 4.79 Å². The van der Waals surface area contributed by atoms with Gasteiger partial charge in [-0.2, -0.15) is 0 Å². The lowest BCUT2D eigenvalue weighted by Gasteiger charge is -2.22. The van der Waals surface area contributed by atoms with Gasteiger partial charge in [0.05, 0.1) is 12.2 Å². The minimum atomic E-state index is -0.0969. The van der Waals surface area contributed by atoms with Gasteiger partial charge in [-0.25, -0.2) is 0 Å². The SMILES string of the molecule is CCc1ccc(OCCOC2CCCCO2)c(C=O)c1. The van der Waals surface area contributed by atoms with E-state index in [4.69, 9.17) is 14.2 Å². The van der Waals surface area contributed by atoms with E-state index in [1.54, 1.807) is 0 Å². The quantitative estimate of drug-likeness (QED) is 0.568. The molecule has 20 heavy (non-hydrogen) atoms. The number of benzene rings is 1. The molecule has 0 bridgehead atoms. The highest BCUT2D eigenvalue weighted by molar-refractivity contribution is 5.79. The Bertz CT molecular complexity index is 424. The van der Waals surface area contributed by atoms with Crippen molar-refractivity contribution in [2.75, 3.05) is 19.8 Å². The summed E-state index contributed by atoms with van der Waals surface area (Å²) in [7, 11) is 0. The molecule has 0 saturated carbocycles. The highest BCUT2D eigenvalue weighted by Crippen LogP contribution is 2.19. The maximum absolute atomic E-state index is 11.0. The second kappa shape index (κ2) is 8.02. The molecule has 0 amide bonds. The lowest BCUT2D eigenvalue weighted by Crippen LogP contribution is -2.24. The van der Waals surface area contributed by atoms with E-state index in [1.165, 1.54) is 0 Å². The number of aryl methyl sites for hydroxylation is 1. The number of hydrogen-bond acceptors (Lipinski definition) is 4. The number of rotatable bonds is 7. The molecule has 0 aliphatic carbocycles. The first kappa shape index (κ1) is 15.0. The predicted molar refractivity (Wildman–Crippen MR) is 76.2 cm³/mol. The first-order chi connectivity index (χ1) is 9.83. The zero-order chi connectivity index (χ0) is 14.2. The molecule has 4 nitrogen and oxygen atoms in total. The van der Waals surface area contributed by atoms with Gasteiger partial charge in [-0.15, -0.1) is 0 Å². The Hall–Kier alpha value is -1.39. The van der Waals surface area contributed by atoms with Crippen molar-refractivity contribution in [3.63, 3.8) is 0 Å². The van der Waals surface area contributed by atoms with Gasteiger partial charge in [-0.1, -0.05) is 13.0 Å². The molecule has 1 unspecified atom stereocenters. The second-order valence-electron chi connectivity index (χ2n) is 4.86. The van der Waals surface area contributed by atoms with Gasteiger partial charge < -0.3 is 14.2 Å². The third-order valence-electron chi connectivity index (χ3n) is 3.39. The molecule has 110 valence electrons. The Labute approximate surface area is 120 Å². The van der Waals surface area contributed by atoms with Crippen LogP contribution in [0.2, 0.25) is 0 Å². The molecule has 1 aromatic carbocycles. The topological polar surface area (TPSA) is 44.8 Å². The lowest BCUT2D eigenvalue weighted by molar-refractivity contribution is -0.165. The molecule has 1 heterocycles. The van der Waals surface area contributed by atoms with Gasteiger partial charge in [0.2, 0.25) is 0 Å². The summed E-state index contributed by atoms with van der Waals surface area (Å²) in [5.41, 5.74) is 1.73. The van der Waals surface area contributed by atoms with Crippen molar-refractivity contribution in [2.24, 2.45) is 0 Å². The highest BCUT2D eigenvalue weighted by atomic mass is 16.7. The summed E-state index contributed by atoms with van der Waals surface area (Å²) in [5, 5.41) is 0. The van der Waals surface area contributed by atoms with Crippen LogP contribution in [-0.2, 0) is 15.9 Å². The number of carbonyl (C=O) groups is 1. The average molecular weight is 278 g/mol. The van der Waals surface area contributed by atoms with Crippen LogP contribution in [0, 0.1) is 0 Å². The van der Waals surface area contributed by atoms with E-state index in [-0.39, 0.29) is 6.29 Å². The van der Waals surface area contributed by atoms with Crippen LogP contribution in [0.15, 0.2) is 18.2 Å². The number of hydrogen-bond donors (Lipinski definition) is 0. The van der Waals surface area contributed by atoms with Gasteiger partial charge in [0.15, 0.2) is 12.6 Å². The summed E-state index contributed by atoms with van der Waals surface area (Å²) in [5.74, 6) is 0.616. The minimum Gasteiger partial charge on any atom is -0.490 e. The Morgan fingerprint density at radius 2 is 2.25 bits per heavy atom. The summed E-state index contributed by atoms with van der Waals surface area (Å²) in [6.45, 7) is 3.73. The van der Waals surface area contributed by atoms with Crippen LogP contribution in [0.1, 0.15) is 42.1 Å². The molecule has 1 aliphatic heterocycles.